The molecule has 0 radical (unpaired) electrons. The van der Waals surface area contributed by atoms with Crippen molar-refractivity contribution in [3.05, 3.63) is 59.8 Å². The van der Waals surface area contributed by atoms with Crippen LogP contribution in [-0.2, 0) is 5.41 Å². The van der Waals surface area contributed by atoms with Crippen LogP contribution >= 0.6 is 0 Å². The third-order valence-corrected chi connectivity index (χ3v) is 4.30. The summed E-state index contributed by atoms with van der Waals surface area (Å²) in [6.45, 7) is 0. The molecular weight excluding hydrogens is 248 g/mol. The minimum Gasteiger partial charge on any atom is -0.383 e. The predicted molar refractivity (Wildman–Crippen MR) is 79.6 cm³/mol. The molecule has 1 aliphatic rings. The fourth-order valence-corrected chi connectivity index (χ4v) is 3.25. The smallest absolute Gasteiger partial charge is 0.177 e. The lowest BCUT2D eigenvalue weighted by atomic mass is 9.73. The molecule has 1 aromatic heterocycles. The van der Waals surface area contributed by atoms with Crippen molar-refractivity contribution in [3.8, 4) is 0 Å². The van der Waals surface area contributed by atoms with E-state index in [-0.39, 0.29) is 5.78 Å². The van der Waals surface area contributed by atoms with E-state index in [1.165, 1.54) is 0 Å². The predicted octanol–water partition coefficient (Wildman–Crippen LogP) is 3.36. The van der Waals surface area contributed by atoms with Gasteiger partial charge in [0.2, 0.25) is 0 Å². The Balaban J connectivity index is 2.08. The van der Waals surface area contributed by atoms with Crippen molar-refractivity contribution in [2.45, 2.75) is 31.1 Å². The highest BCUT2D eigenvalue weighted by atomic mass is 16.1. The molecule has 0 spiro atoms. The fourth-order valence-electron chi connectivity index (χ4n) is 3.25. The summed E-state index contributed by atoms with van der Waals surface area (Å²) in [5, 5.41) is 0. The van der Waals surface area contributed by atoms with Gasteiger partial charge in [-0.05, 0) is 30.5 Å². The number of nitrogens with two attached hydrogens (primary N) is 1. The topological polar surface area (TPSA) is 56.0 Å². The second-order valence-corrected chi connectivity index (χ2v) is 5.42. The molecule has 3 nitrogen and oxygen atoms in total. The molecule has 0 aliphatic heterocycles. The number of rotatable bonds is 3. The Morgan fingerprint density at radius 1 is 1.05 bits per heavy atom. The number of carbonyl (C=O) groups excluding carboxylic acids is 1. The molecule has 1 saturated carbocycles. The first-order valence-electron chi connectivity index (χ1n) is 7.05. The van der Waals surface area contributed by atoms with Crippen LogP contribution in [0, 0.1) is 0 Å². The van der Waals surface area contributed by atoms with Crippen LogP contribution in [0.4, 0.5) is 5.82 Å². The molecule has 1 fully saturated rings. The summed E-state index contributed by atoms with van der Waals surface area (Å²) < 4.78 is 0. The van der Waals surface area contributed by atoms with Gasteiger partial charge in [-0.1, -0.05) is 43.2 Å². The van der Waals surface area contributed by atoms with Crippen LogP contribution in [-0.4, -0.2) is 10.8 Å². The first kappa shape index (κ1) is 12.9. The molecular formula is C17H18N2O. The molecule has 0 unspecified atom stereocenters. The quantitative estimate of drug-likeness (QED) is 0.867. The highest BCUT2D eigenvalue weighted by Gasteiger charge is 2.43. The molecule has 3 heteroatoms. The zero-order valence-electron chi connectivity index (χ0n) is 11.4. The molecule has 3 rings (SSSR count). The molecule has 1 heterocycles. The SMILES string of the molecule is Nc1ncccc1C(=O)C1(c2ccccc2)CCCC1. The summed E-state index contributed by atoms with van der Waals surface area (Å²) in [4.78, 5) is 17.1. The van der Waals surface area contributed by atoms with Gasteiger partial charge in [0.1, 0.15) is 5.82 Å². The maximum Gasteiger partial charge on any atom is 0.177 e. The molecule has 2 N–H and O–H groups in total. The second-order valence-electron chi connectivity index (χ2n) is 5.42. The lowest BCUT2D eigenvalue weighted by Crippen LogP contribution is -2.33. The monoisotopic (exact) mass is 266 g/mol. The molecule has 20 heavy (non-hydrogen) atoms. The van der Waals surface area contributed by atoms with Crippen molar-refractivity contribution in [2.24, 2.45) is 0 Å². The summed E-state index contributed by atoms with van der Waals surface area (Å²) in [5.74, 6) is 0.450. The fraction of sp³-hybridized carbons (Fsp3) is 0.294. The number of pyridine rings is 1. The van der Waals surface area contributed by atoms with Crippen molar-refractivity contribution in [1.82, 2.24) is 4.98 Å². The van der Waals surface area contributed by atoms with E-state index in [4.69, 9.17) is 5.73 Å². The maximum absolute atomic E-state index is 13.1. The molecule has 0 atom stereocenters. The Morgan fingerprint density at radius 2 is 1.75 bits per heavy atom. The number of hydrogen-bond acceptors (Lipinski definition) is 3. The van der Waals surface area contributed by atoms with Gasteiger partial charge in [-0.25, -0.2) is 4.98 Å². The summed E-state index contributed by atoms with van der Waals surface area (Å²) in [6.07, 6.45) is 5.58. The first-order chi connectivity index (χ1) is 9.74. The van der Waals surface area contributed by atoms with Gasteiger partial charge in [-0.3, -0.25) is 4.79 Å². The first-order valence-corrected chi connectivity index (χ1v) is 7.05. The summed E-state index contributed by atoms with van der Waals surface area (Å²) in [7, 11) is 0. The summed E-state index contributed by atoms with van der Waals surface area (Å²) in [6, 6.07) is 13.6. The number of carbonyl (C=O) groups is 1. The molecule has 0 bridgehead atoms. The zero-order chi connectivity index (χ0) is 14.0. The molecule has 2 aromatic rings. The largest absolute Gasteiger partial charge is 0.383 e. The average molecular weight is 266 g/mol. The number of Topliss-reactive ketones (excluding diaryl/α,β-unsaturated/α-hetero) is 1. The maximum atomic E-state index is 13.1. The number of ketones is 1. The Morgan fingerprint density at radius 3 is 2.40 bits per heavy atom. The Labute approximate surface area is 118 Å². The van der Waals surface area contributed by atoms with Gasteiger partial charge in [0.15, 0.2) is 5.78 Å². The molecule has 0 amide bonds. The van der Waals surface area contributed by atoms with E-state index in [0.717, 1.165) is 31.2 Å². The number of nitrogen functional groups attached to an aromatic ring is 1. The third-order valence-electron chi connectivity index (χ3n) is 4.30. The normalized spacial score (nSPS) is 17.0. The highest BCUT2D eigenvalue weighted by molar-refractivity contribution is 6.07. The minimum absolute atomic E-state index is 0.117. The van der Waals surface area contributed by atoms with Crippen LogP contribution in [0.2, 0.25) is 0 Å². The average Bonchev–Trinajstić information content (AvgIpc) is 2.99. The van der Waals surface area contributed by atoms with E-state index in [0.29, 0.717) is 11.4 Å². The standard InChI is InChI=1S/C17H18N2O/c18-16-14(9-6-12-19-16)15(20)17(10-4-5-11-17)13-7-2-1-3-8-13/h1-3,6-9,12H,4-5,10-11H2,(H2,18,19). The van der Waals surface area contributed by atoms with Crippen LogP contribution in [0.3, 0.4) is 0 Å². The van der Waals surface area contributed by atoms with E-state index in [2.05, 4.69) is 17.1 Å². The number of anilines is 1. The van der Waals surface area contributed by atoms with Gasteiger partial charge in [-0.15, -0.1) is 0 Å². The van der Waals surface area contributed by atoms with Gasteiger partial charge in [0.25, 0.3) is 0 Å². The molecule has 1 aliphatic carbocycles. The van der Waals surface area contributed by atoms with Crippen molar-refractivity contribution in [1.29, 1.82) is 0 Å². The Hall–Kier alpha value is -2.16. The van der Waals surface area contributed by atoms with Gasteiger partial charge in [0, 0.05) is 6.20 Å². The molecule has 102 valence electrons. The molecule has 0 saturated heterocycles. The second kappa shape index (κ2) is 5.08. The zero-order valence-corrected chi connectivity index (χ0v) is 11.4. The van der Waals surface area contributed by atoms with E-state index in [1.54, 1.807) is 18.3 Å². The molecule has 1 aromatic carbocycles. The van der Waals surface area contributed by atoms with Crippen molar-refractivity contribution < 1.29 is 4.79 Å². The van der Waals surface area contributed by atoms with Gasteiger partial charge >= 0.3 is 0 Å². The lowest BCUT2D eigenvalue weighted by molar-refractivity contribution is 0.0886. The summed E-state index contributed by atoms with van der Waals surface area (Å²) >= 11 is 0. The van der Waals surface area contributed by atoms with Crippen molar-refractivity contribution in [3.63, 3.8) is 0 Å². The van der Waals surface area contributed by atoms with E-state index in [9.17, 15) is 4.79 Å². The Kier molecular flexibility index (Phi) is 3.26. The Bertz CT molecular complexity index is 616. The van der Waals surface area contributed by atoms with Crippen LogP contribution in [0.15, 0.2) is 48.7 Å². The highest BCUT2D eigenvalue weighted by Crippen LogP contribution is 2.44. The van der Waals surface area contributed by atoms with E-state index >= 15 is 0 Å². The van der Waals surface area contributed by atoms with Gasteiger partial charge in [-0.2, -0.15) is 0 Å². The van der Waals surface area contributed by atoms with Crippen LogP contribution in [0.1, 0.15) is 41.6 Å². The van der Waals surface area contributed by atoms with Crippen LogP contribution < -0.4 is 5.73 Å². The minimum atomic E-state index is -0.418. The van der Waals surface area contributed by atoms with E-state index < -0.39 is 5.41 Å². The van der Waals surface area contributed by atoms with E-state index in [1.807, 2.05) is 18.2 Å². The number of hydrogen-bond donors (Lipinski definition) is 1. The van der Waals surface area contributed by atoms with Crippen LogP contribution in [0.5, 0.6) is 0 Å². The van der Waals surface area contributed by atoms with Gasteiger partial charge < -0.3 is 5.73 Å². The van der Waals surface area contributed by atoms with Crippen LogP contribution in [0.25, 0.3) is 0 Å². The number of aromatic nitrogens is 1. The van der Waals surface area contributed by atoms with Crippen molar-refractivity contribution >= 4 is 11.6 Å². The lowest BCUT2D eigenvalue weighted by Gasteiger charge is -2.28. The third kappa shape index (κ3) is 1.99. The summed E-state index contributed by atoms with van der Waals surface area (Å²) in [5.41, 5.74) is 7.13. The van der Waals surface area contributed by atoms with Gasteiger partial charge in [0.05, 0.1) is 11.0 Å². The number of benzene rings is 1. The number of nitrogens with zero attached hydrogens (tertiary/aromatic N) is 1. The van der Waals surface area contributed by atoms with Crippen molar-refractivity contribution in [2.75, 3.05) is 5.73 Å².